The van der Waals surface area contributed by atoms with E-state index in [4.69, 9.17) is 0 Å². The standard InChI is InChI=1S/C18H16N4O3S/c1-12-3-5-15(6-4-12)26-16-10-13(9-14(11-16)22(24)25)20-18(23)17-7-8-19-21(17)2/h3-11H,1-2H3,(H,20,23). The molecule has 0 radical (unpaired) electrons. The SMILES string of the molecule is Cc1ccc(Sc2cc(NC(=O)c3ccnn3C)cc([N+](=O)[O-])c2)cc1. The van der Waals surface area contributed by atoms with Crippen LogP contribution in [0.4, 0.5) is 11.4 Å². The lowest BCUT2D eigenvalue weighted by molar-refractivity contribution is -0.385. The van der Waals surface area contributed by atoms with Crippen molar-refractivity contribution in [2.45, 2.75) is 16.7 Å². The Bertz CT molecular complexity index is 967. The number of nitrogens with one attached hydrogen (secondary N) is 1. The molecular weight excluding hydrogens is 352 g/mol. The number of aryl methyl sites for hydroxylation is 2. The number of aromatic nitrogens is 2. The van der Waals surface area contributed by atoms with Crippen molar-refractivity contribution in [1.82, 2.24) is 9.78 Å². The van der Waals surface area contributed by atoms with Gasteiger partial charge in [-0.1, -0.05) is 29.5 Å². The van der Waals surface area contributed by atoms with E-state index in [1.165, 1.54) is 34.8 Å². The molecule has 1 aromatic heterocycles. The molecule has 2 aromatic carbocycles. The minimum Gasteiger partial charge on any atom is -0.320 e. The number of nitro benzene ring substituents is 1. The van der Waals surface area contributed by atoms with Gasteiger partial charge in [-0.2, -0.15) is 5.10 Å². The summed E-state index contributed by atoms with van der Waals surface area (Å²) in [7, 11) is 1.65. The average molecular weight is 368 g/mol. The normalized spacial score (nSPS) is 10.5. The van der Waals surface area contributed by atoms with Gasteiger partial charge in [0.1, 0.15) is 5.69 Å². The molecular formula is C18H16N4O3S. The molecule has 1 heterocycles. The van der Waals surface area contributed by atoms with Crippen LogP contribution in [0.3, 0.4) is 0 Å². The van der Waals surface area contributed by atoms with Crippen molar-refractivity contribution < 1.29 is 9.72 Å². The molecule has 0 bridgehead atoms. The fourth-order valence-electron chi connectivity index (χ4n) is 2.35. The van der Waals surface area contributed by atoms with Crippen molar-refractivity contribution in [2.75, 3.05) is 5.32 Å². The largest absolute Gasteiger partial charge is 0.320 e. The minimum atomic E-state index is -0.473. The van der Waals surface area contributed by atoms with E-state index >= 15 is 0 Å². The van der Waals surface area contributed by atoms with E-state index < -0.39 is 4.92 Å². The van der Waals surface area contributed by atoms with Crippen molar-refractivity contribution >= 4 is 29.0 Å². The molecule has 0 aliphatic rings. The Morgan fingerprint density at radius 2 is 1.88 bits per heavy atom. The van der Waals surface area contributed by atoms with Crippen LogP contribution < -0.4 is 5.32 Å². The smallest absolute Gasteiger partial charge is 0.273 e. The summed E-state index contributed by atoms with van der Waals surface area (Å²) in [4.78, 5) is 24.7. The Morgan fingerprint density at radius 1 is 1.15 bits per heavy atom. The van der Waals surface area contributed by atoms with E-state index in [2.05, 4.69) is 10.4 Å². The number of rotatable bonds is 5. The number of nitrogens with zero attached hydrogens (tertiary/aromatic N) is 3. The fourth-order valence-corrected chi connectivity index (χ4v) is 3.26. The first kappa shape index (κ1) is 17.7. The van der Waals surface area contributed by atoms with E-state index in [1.807, 2.05) is 31.2 Å². The summed E-state index contributed by atoms with van der Waals surface area (Å²) in [6, 6.07) is 14.0. The van der Waals surface area contributed by atoms with Gasteiger partial charge in [-0.3, -0.25) is 19.6 Å². The number of non-ortho nitro benzene ring substituents is 1. The number of benzene rings is 2. The molecule has 132 valence electrons. The highest BCUT2D eigenvalue weighted by atomic mass is 32.2. The average Bonchev–Trinajstić information content (AvgIpc) is 3.03. The van der Waals surface area contributed by atoms with Gasteiger partial charge in [-0.05, 0) is 31.2 Å². The van der Waals surface area contributed by atoms with Crippen LogP contribution in [0.25, 0.3) is 0 Å². The van der Waals surface area contributed by atoms with Gasteiger partial charge < -0.3 is 5.32 Å². The predicted octanol–water partition coefficient (Wildman–Crippen LogP) is 4.04. The summed E-state index contributed by atoms with van der Waals surface area (Å²) in [5, 5.41) is 17.9. The van der Waals surface area contributed by atoms with Crippen molar-refractivity contribution in [3.05, 3.63) is 76.1 Å². The van der Waals surface area contributed by atoms with Gasteiger partial charge in [0, 0.05) is 40.9 Å². The van der Waals surface area contributed by atoms with Crippen LogP contribution in [0.1, 0.15) is 16.1 Å². The van der Waals surface area contributed by atoms with Crippen LogP contribution in [0.5, 0.6) is 0 Å². The van der Waals surface area contributed by atoms with E-state index in [0.29, 0.717) is 16.3 Å². The Labute approximate surface area is 154 Å². The molecule has 0 unspecified atom stereocenters. The maximum Gasteiger partial charge on any atom is 0.273 e. The van der Waals surface area contributed by atoms with Gasteiger partial charge in [-0.15, -0.1) is 0 Å². The molecule has 0 atom stereocenters. The highest BCUT2D eigenvalue weighted by Crippen LogP contribution is 2.33. The zero-order valence-electron chi connectivity index (χ0n) is 14.2. The van der Waals surface area contributed by atoms with Crippen molar-refractivity contribution in [3.8, 4) is 0 Å². The van der Waals surface area contributed by atoms with Crippen LogP contribution in [-0.4, -0.2) is 20.6 Å². The predicted molar refractivity (Wildman–Crippen MR) is 99.6 cm³/mol. The monoisotopic (exact) mass is 368 g/mol. The van der Waals surface area contributed by atoms with Crippen molar-refractivity contribution in [1.29, 1.82) is 0 Å². The third-order valence-corrected chi connectivity index (χ3v) is 4.65. The molecule has 8 heteroatoms. The van der Waals surface area contributed by atoms with E-state index in [0.717, 1.165) is 10.5 Å². The first-order valence-electron chi connectivity index (χ1n) is 7.76. The van der Waals surface area contributed by atoms with E-state index in [-0.39, 0.29) is 11.6 Å². The van der Waals surface area contributed by atoms with Crippen LogP contribution in [0.2, 0.25) is 0 Å². The van der Waals surface area contributed by atoms with Gasteiger partial charge in [0.25, 0.3) is 11.6 Å². The van der Waals surface area contributed by atoms with Gasteiger partial charge in [0.2, 0.25) is 0 Å². The number of anilines is 1. The molecule has 1 N–H and O–H groups in total. The summed E-state index contributed by atoms with van der Waals surface area (Å²) in [6.45, 7) is 1.99. The van der Waals surface area contributed by atoms with Crippen LogP contribution in [0.15, 0.2) is 64.5 Å². The van der Waals surface area contributed by atoms with Crippen LogP contribution in [0, 0.1) is 17.0 Å². The zero-order chi connectivity index (χ0) is 18.7. The maximum atomic E-state index is 12.3. The second-order valence-corrected chi connectivity index (χ2v) is 6.83. The molecule has 0 aliphatic carbocycles. The number of hydrogen-bond donors (Lipinski definition) is 1. The second kappa shape index (κ2) is 7.40. The van der Waals surface area contributed by atoms with Crippen molar-refractivity contribution in [3.63, 3.8) is 0 Å². The highest BCUT2D eigenvalue weighted by molar-refractivity contribution is 7.99. The number of amides is 1. The maximum absolute atomic E-state index is 12.3. The lowest BCUT2D eigenvalue weighted by atomic mass is 10.2. The molecule has 0 saturated carbocycles. The molecule has 7 nitrogen and oxygen atoms in total. The Kier molecular flexibility index (Phi) is 5.04. The lowest BCUT2D eigenvalue weighted by Gasteiger charge is -2.08. The molecule has 26 heavy (non-hydrogen) atoms. The first-order valence-corrected chi connectivity index (χ1v) is 8.57. The summed E-state index contributed by atoms with van der Waals surface area (Å²) in [6.07, 6.45) is 1.51. The number of hydrogen-bond acceptors (Lipinski definition) is 5. The number of nitro groups is 1. The Balaban J connectivity index is 1.88. The van der Waals surface area contributed by atoms with Crippen LogP contribution in [-0.2, 0) is 7.05 Å². The van der Waals surface area contributed by atoms with Gasteiger partial charge in [-0.25, -0.2) is 0 Å². The Morgan fingerprint density at radius 3 is 2.50 bits per heavy atom. The molecule has 3 rings (SSSR count). The summed E-state index contributed by atoms with van der Waals surface area (Å²) >= 11 is 1.40. The summed E-state index contributed by atoms with van der Waals surface area (Å²) in [5.41, 5.74) is 1.78. The fraction of sp³-hybridized carbons (Fsp3) is 0.111. The third-order valence-electron chi connectivity index (χ3n) is 3.67. The minimum absolute atomic E-state index is 0.0811. The third kappa shape index (κ3) is 4.09. The number of carbonyl (C=O) groups excluding carboxylic acids is 1. The van der Waals surface area contributed by atoms with E-state index in [1.54, 1.807) is 19.2 Å². The summed E-state index contributed by atoms with van der Waals surface area (Å²) in [5.74, 6) is -0.378. The van der Waals surface area contributed by atoms with Crippen molar-refractivity contribution in [2.24, 2.45) is 7.05 Å². The quantitative estimate of drug-likeness (QED) is 0.542. The molecule has 0 saturated heterocycles. The molecule has 3 aromatic rings. The van der Waals surface area contributed by atoms with Crippen LogP contribution >= 0.6 is 11.8 Å². The van der Waals surface area contributed by atoms with E-state index in [9.17, 15) is 14.9 Å². The van der Waals surface area contributed by atoms with Gasteiger partial charge in [0.05, 0.1) is 4.92 Å². The topological polar surface area (TPSA) is 90.1 Å². The molecule has 0 fully saturated rings. The highest BCUT2D eigenvalue weighted by Gasteiger charge is 2.15. The van der Waals surface area contributed by atoms with Gasteiger partial charge >= 0.3 is 0 Å². The molecule has 0 spiro atoms. The lowest BCUT2D eigenvalue weighted by Crippen LogP contribution is -2.16. The molecule has 0 aliphatic heterocycles. The second-order valence-electron chi connectivity index (χ2n) is 5.68. The first-order chi connectivity index (χ1) is 12.4. The summed E-state index contributed by atoms with van der Waals surface area (Å²) < 4.78 is 1.44. The Hall–Kier alpha value is -3.13. The molecule has 1 amide bonds. The zero-order valence-corrected chi connectivity index (χ0v) is 15.0. The number of carbonyl (C=O) groups is 1. The van der Waals surface area contributed by atoms with Gasteiger partial charge in [0.15, 0.2) is 0 Å².